The number of rotatable bonds is 8. The number of hydrogen-bond acceptors (Lipinski definition) is 9. The molecule has 0 radical (unpaired) electrons. The number of aromatic nitrogens is 4. The van der Waals surface area contributed by atoms with Crippen molar-refractivity contribution in [1.82, 2.24) is 28.6 Å². The third-order valence-electron chi connectivity index (χ3n) is 6.44. The van der Waals surface area contributed by atoms with Gasteiger partial charge in [-0.1, -0.05) is 17.4 Å². The highest BCUT2D eigenvalue weighted by atomic mass is 32.2. The molecule has 206 valence electrons. The monoisotopic (exact) mass is 588 g/mol. The zero-order chi connectivity index (χ0) is 27.5. The molecule has 38 heavy (non-hydrogen) atoms. The summed E-state index contributed by atoms with van der Waals surface area (Å²) in [4.78, 5) is 4.29. The van der Waals surface area contributed by atoms with Crippen molar-refractivity contribution in [2.45, 2.75) is 49.3 Å². The highest BCUT2D eigenvalue weighted by Crippen LogP contribution is 2.34. The summed E-state index contributed by atoms with van der Waals surface area (Å²) in [6.07, 6.45) is 2.19. The van der Waals surface area contributed by atoms with Gasteiger partial charge in [0.25, 0.3) is 6.43 Å². The third-order valence-corrected chi connectivity index (χ3v) is 11.2. The van der Waals surface area contributed by atoms with Gasteiger partial charge in [0.1, 0.15) is 0 Å². The van der Waals surface area contributed by atoms with Gasteiger partial charge in [0.15, 0.2) is 15.8 Å². The number of nitrogens with one attached hydrogen (secondary N) is 1. The van der Waals surface area contributed by atoms with Crippen molar-refractivity contribution >= 4 is 42.5 Å². The SMILES string of the molecule is CC(C)S(=O)(=O)N1CC=C(c2cc(S(=O)(=O)NC3(C)COC3)cn3c(-c4nnc(C(F)F)s4)ncc23)CC1. The molecule has 0 saturated carbocycles. The zero-order valence-electron chi connectivity index (χ0n) is 20.8. The summed E-state index contributed by atoms with van der Waals surface area (Å²) < 4.78 is 89.1. The Balaban J connectivity index is 1.62. The highest BCUT2D eigenvalue weighted by Gasteiger charge is 2.38. The average Bonchev–Trinajstić information content (AvgIpc) is 3.49. The Labute approximate surface area is 222 Å². The standard InChI is InChI=1S/C22H26F2N6O5S3/c1-13(2)38(33,34)29-6-4-14(5-7-29)16-8-15(37(31,32)28-22(3)11-35-12-22)10-30-17(16)9-25-19(30)21-27-26-20(36-21)18(23)24/h4,8-10,13,18,28H,5-7,11-12H2,1-3H3. The highest BCUT2D eigenvalue weighted by molar-refractivity contribution is 7.89. The van der Waals surface area contributed by atoms with Crippen molar-refractivity contribution in [2.24, 2.45) is 0 Å². The van der Waals surface area contributed by atoms with E-state index in [9.17, 15) is 25.6 Å². The molecule has 2 aliphatic heterocycles. The van der Waals surface area contributed by atoms with E-state index < -0.39 is 42.3 Å². The van der Waals surface area contributed by atoms with Crippen LogP contribution >= 0.6 is 11.3 Å². The first-order valence-electron chi connectivity index (χ1n) is 11.7. The maximum Gasteiger partial charge on any atom is 0.291 e. The molecule has 0 atom stereocenters. The van der Waals surface area contributed by atoms with E-state index >= 15 is 0 Å². The molecule has 3 aromatic heterocycles. The number of nitrogens with zero attached hydrogens (tertiary/aromatic N) is 5. The first-order chi connectivity index (χ1) is 17.8. The Morgan fingerprint density at radius 1 is 1.18 bits per heavy atom. The van der Waals surface area contributed by atoms with Gasteiger partial charge >= 0.3 is 0 Å². The van der Waals surface area contributed by atoms with Crippen LogP contribution in [0.3, 0.4) is 0 Å². The summed E-state index contributed by atoms with van der Waals surface area (Å²) in [7, 11) is -7.48. The fourth-order valence-electron chi connectivity index (χ4n) is 4.32. The maximum atomic E-state index is 13.4. The van der Waals surface area contributed by atoms with Gasteiger partial charge in [0.2, 0.25) is 20.0 Å². The molecule has 3 aromatic rings. The predicted molar refractivity (Wildman–Crippen MR) is 137 cm³/mol. The lowest BCUT2D eigenvalue weighted by Gasteiger charge is -2.38. The fraction of sp³-hybridized carbons (Fsp3) is 0.500. The number of fused-ring (bicyclic) bond motifs is 1. The molecular formula is C22H26F2N6O5S3. The molecule has 1 fully saturated rings. The van der Waals surface area contributed by atoms with Crippen molar-refractivity contribution in [3.05, 3.63) is 35.1 Å². The van der Waals surface area contributed by atoms with Gasteiger partial charge in [-0.05, 0) is 38.8 Å². The van der Waals surface area contributed by atoms with E-state index in [0.717, 1.165) is 5.57 Å². The van der Waals surface area contributed by atoms with Crippen LogP contribution in [0, 0.1) is 0 Å². The minimum Gasteiger partial charge on any atom is -0.377 e. The van der Waals surface area contributed by atoms with Crippen molar-refractivity contribution in [3.63, 3.8) is 0 Å². The van der Waals surface area contributed by atoms with Crippen LogP contribution in [0.2, 0.25) is 0 Å². The summed E-state index contributed by atoms with van der Waals surface area (Å²) in [5.41, 5.74) is 1.06. The molecule has 0 amide bonds. The van der Waals surface area contributed by atoms with E-state index in [1.807, 2.05) is 0 Å². The topological polar surface area (TPSA) is 136 Å². The Hall–Kier alpha value is -2.37. The number of imidazole rings is 1. The molecule has 0 aliphatic carbocycles. The maximum absolute atomic E-state index is 13.4. The minimum atomic E-state index is -4.03. The fourth-order valence-corrected chi connectivity index (χ4v) is 7.64. The second-order valence-electron chi connectivity index (χ2n) is 9.76. The van der Waals surface area contributed by atoms with Crippen LogP contribution in [-0.2, 0) is 24.8 Å². The second kappa shape index (κ2) is 9.67. The summed E-state index contributed by atoms with van der Waals surface area (Å²) in [6, 6.07) is 1.52. The molecule has 1 N–H and O–H groups in total. The molecule has 0 spiro atoms. The first-order valence-corrected chi connectivity index (χ1v) is 15.5. The number of halogens is 2. The lowest BCUT2D eigenvalue weighted by Crippen LogP contribution is -2.59. The lowest BCUT2D eigenvalue weighted by molar-refractivity contribution is -0.0523. The Morgan fingerprint density at radius 2 is 1.92 bits per heavy atom. The van der Waals surface area contributed by atoms with Crippen molar-refractivity contribution in [3.8, 4) is 10.8 Å². The van der Waals surface area contributed by atoms with Gasteiger partial charge in [-0.2, -0.15) is 4.31 Å². The summed E-state index contributed by atoms with van der Waals surface area (Å²) in [5.74, 6) is 0.168. The van der Waals surface area contributed by atoms with Gasteiger partial charge in [0.05, 0.1) is 40.6 Å². The molecule has 16 heteroatoms. The number of alkyl halides is 2. The van der Waals surface area contributed by atoms with Crippen LogP contribution in [0.5, 0.6) is 0 Å². The molecular weight excluding hydrogens is 562 g/mol. The van der Waals surface area contributed by atoms with E-state index in [1.54, 1.807) is 26.8 Å². The molecule has 2 aliphatic rings. The van der Waals surface area contributed by atoms with Crippen molar-refractivity contribution in [2.75, 3.05) is 26.3 Å². The Kier molecular flexibility index (Phi) is 6.93. The quantitative estimate of drug-likeness (QED) is 0.424. The van der Waals surface area contributed by atoms with Gasteiger partial charge < -0.3 is 4.74 Å². The van der Waals surface area contributed by atoms with E-state index in [-0.39, 0.29) is 42.0 Å². The molecule has 5 heterocycles. The third kappa shape index (κ3) is 4.88. The predicted octanol–water partition coefficient (Wildman–Crippen LogP) is 2.68. The van der Waals surface area contributed by atoms with E-state index in [1.165, 1.54) is 27.2 Å². The Morgan fingerprint density at radius 3 is 2.47 bits per heavy atom. The lowest BCUT2D eigenvalue weighted by atomic mass is 10.0. The molecule has 0 aromatic carbocycles. The van der Waals surface area contributed by atoms with Crippen molar-refractivity contribution < 1.29 is 30.4 Å². The van der Waals surface area contributed by atoms with Gasteiger partial charge in [-0.15, -0.1) is 10.2 Å². The number of hydrogen-bond donors (Lipinski definition) is 1. The normalized spacial score (nSPS) is 18.8. The van der Waals surface area contributed by atoms with Gasteiger partial charge in [-0.3, -0.25) is 4.40 Å². The molecule has 5 rings (SSSR count). The number of ether oxygens (including phenoxy) is 1. The summed E-state index contributed by atoms with van der Waals surface area (Å²) in [6.45, 7) is 5.80. The molecule has 11 nitrogen and oxygen atoms in total. The van der Waals surface area contributed by atoms with Crippen LogP contribution in [0.25, 0.3) is 21.9 Å². The molecule has 1 saturated heterocycles. The number of sulfonamides is 2. The average molecular weight is 589 g/mol. The van der Waals surface area contributed by atoms with Crippen LogP contribution < -0.4 is 4.72 Å². The first kappa shape index (κ1) is 27.2. The summed E-state index contributed by atoms with van der Waals surface area (Å²) >= 11 is 0.672. The van der Waals surface area contributed by atoms with Gasteiger partial charge in [-0.25, -0.2) is 35.3 Å². The number of pyridine rings is 1. The zero-order valence-corrected chi connectivity index (χ0v) is 23.2. The molecule has 0 unspecified atom stereocenters. The van der Waals surface area contributed by atoms with E-state index in [4.69, 9.17) is 4.74 Å². The summed E-state index contributed by atoms with van der Waals surface area (Å²) in [5, 5.41) is 6.43. The van der Waals surface area contributed by atoms with E-state index in [2.05, 4.69) is 19.9 Å². The Bertz CT molecular complexity index is 1630. The van der Waals surface area contributed by atoms with Crippen LogP contribution in [0.4, 0.5) is 8.78 Å². The van der Waals surface area contributed by atoms with Crippen LogP contribution in [0.1, 0.15) is 44.2 Å². The van der Waals surface area contributed by atoms with Crippen LogP contribution in [0.15, 0.2) is 29.4 Å². The second-order valence-corrected chi connectivity index (χ2v) is 14.9. The molecule has 0 bridgehead atoms. The largest absolute Gasteiger partial charge is 0.377 e. The van der Waals surface area contributed by atoms with Crippen LogP contribution in [-0.4, -0.2) is 77.8 Å². The van der Waals surface area contributed by atoms with E-state index in [0.29, 0.717) is 28.8 Å². The van der Waals surface area contributed by atoms with Crippen molar-refractivity contribution in [1.29, 1.82) is 0 Å². The van der Waals surface area contributed by atoms with Gasteiger partial charge in [0, 0.05) is 24.8 Å². The smallest absolute Gasteiger partial charge is 0.291 e. The minimum absolute atomic E-state index is 0.0656.